The van der Waals surface area contributed by atoms with Crippen LogP contribution in [0.15, 0.2) is 30.3 Å². The van der Waals surface area contributed by atoms with Crippen molar-refractivity contribution in [3.05, 3.63) is 39.5 Å². The van der Waals surface area contributed by atoms with Crippen LogP contribution in [0.1, 0.15) is 10.4 Å². The van der Waals surface area contributed by atoms with Gasteiger partial charge in [-0.1, -0.05) is 0 Å². The number of anilines is 1. The summed E-state index contributed by atoms with van der Waals surface area (Å²) in [5.41, 5.74) is 0.597. The van der Waals surface area contributed by atoms with Crippen molar-refractivity contribution in [1.82, 2.24) is 9.78 Å². The van der Waals surface area contributed by atoms with Crippen LogP contribution in [0.4, 0.5) is 5.82 Å². The van der Waals surface area contributed by atoms with Gasteiger partial charge in [-0.25, -0.2) is 4.68 Å². The smallest absolute Gasteiger partial charge is 0.256 e. The number of aryl methyl sites for hydroxylation is 1. The Morgan fingerprint density at radius 2 is 2.06 bits per heavy atom. The highest BCUT2D eigenvalue weighted by Crippen LogP contribution is 2.16. The third kappa shape index (κ3) is 2.81. The molecule has 1 N–H and O–H groups in total. The first-order valence-electron chi connectivity index (χ1n) is 5.25. The van der Waals surface area contributed by atoms with E-state index in [1.54, 1.807) is 37.0 Å². The molecule has 1 amide bonds. The summed E-state index contributed by atoms with van der Waals surface area (Å²) in [6.07, 6.45) is 0. The van der Waals surface area contributed by atoms with E-state index >= 15 is 0 Å². The number of amides is 1. The fraction of sp³-hybridized carbons (Fsp3) is 0.167. The summed E-state index contributed by atoms with van der Waals surface area (Å²) in [6, 6.07) is 8.99. The van der Waals surface area contributed by atoms with Crippen molar-refractivity contribution in [3.8, 4) is 5.88 Å². The average molecular weight is 357 g/mol. The van der Waals surface area contributed by atoms with Crippen LogP contribution in [0.25, 0.3) is 0 Å². The number of carbonyl (C=O) groups is 1. The van der Waals surface area contributed by atoms with Crippen LogP contribution in [0.2, 0.25) is 0 Å². The maximum Gasteiger partial charge on any atom is 0.256 e. The molecule has 1 heterocycles. The first-order valence-corrected chi connectivity index (χ1v) is 6.33. The minimum atomic E-state index is -0.188. The molecule has 18 heavy (non-hydrogen) atoms. The zero-order valence-electron chi connectivity index (χ0n) is 9.98. The molecule has 0 saturated heterocycles. The lowest BCUT2D eigenvalue weighted by atomic mass is 10.2. The fourth-order valence-electron chi connectivity index (χ4n) is 1.49. The molecule has 0 aliphatic heterocycles. The maximum absolute atomic E-state index is 11.9. The van der Waals surface area contributed by atoms with E-state index in [2.05, 4.69) is 33.0 Å². The van der Waals surface area contributed by atoms with Crippen molar-refractivity contribution in [1.29, 1.82) is 0 Å². The Bertz CT molecular complexity index is 563. The van der Waals surface area contributed by atoms with Crippen LogP contribution >= 0.6 is 22.6 Å². The molecule has 1 aromatic heterocycles. The number of nitrogens with one attached hydrogen (secondary N) is 1. The number of hydrogen-bond acceptors (Lipinski definition) is 3. The van der Waals surface area contributed by atoms with Gasteiger partial charge < -0.3 is 10.1 Å². The molecular formula is C12H12IN3O2. The second kappa shape index (κ2) is 5.38. The minimum Gasteiger partial charge on any atom is -0.481 e. The van der Waals surface area contributed by atoms with Crippen molar-refractivity contribution in [3.63, 3.8) is 0 Å². The summed E-state index contributed by atoms with van der Waals surface area (Å²) in [5.74, 6) is 0.873. The molecule has 5 nitrogen and oxygen atoms in total. The third-order valence-electron chi connectivity index (χ3n) is 2.39. The lowest BCUT2D eigenvalue weighted by Gasteiger charge is -2.01. The second-order valence-electron chi connectivity index (χ2n) is 3.66. The Kier molecular flexibility index (Phi) is 3.85. The molecule has 1 aromatic carbocycles. The molecule has 0 unspecified atom stereocenters. The zero-order valence-corrected chi connectivity index (χ0v) is 12.1. The van der Waals surface area contributed by atoms with E-state index in [0.29, 0.717) is 17.3 Å². The predicted octanol–water partition coefficient (Wildman–Crippen LogP) is 2.29. The van der Waals surface area contributed by atoms with Crippen LogP contribution < -0.4 is 10.1 Å². The van der Waals surface area contributed by atoms with Crippen LogP contribution in [0.5, 0.6) is 5.88 Å². The molecule has 0 aliphatic rings. The van der Waals surface area contributed by atoms with E-state index in [4.69, 9.17) is 4.74 Å². The molecule has 0 fully saturated rings. The van der Waals surface area contributed by atoms with Gasteiger partial charge in [0.25, 0.3) is 5.91 Å². The monoisotopic (exact) mass is 357 g/mol. The molecule has 0 bridgehead atoms. The highest BCUT2D eigenvalue weighted by Gasteiger charge is 2.10. The van der Waals surface area contributed by atoms with Gasteiger partial charge in [0.1, 0.15) is 0 Å². The van der Waals surface area contributed by atoms with Gasteiger partial charge in [-0.05, 0) is 46.9 Å². The van der Waals surface area contributed by atoms with E-state index in [9.17, 15) is 4.79 Å². The van der Waals surface area contributed by atoms with Crippen molar-refractivity contribution in [2.45, 2.75) is 0 Å². The first-order chi connectivity index (χ1) is 8.60. The standard InChI is InChI=1S/C12H12IN3O2/c1-16-11(18-2)7-10(15-16)14-12(17)8-3-5-9(13)6-4-8/h3-7H,1-2H3,(H,14,15,17). The number of benzene rings is 1. The summed E-state index contributed by atoms with van der Waals surface area (Å²) in [4.78, 5) is 11.9. The summed E-state index contributed by atoms with van der Waals surface area (Å²) in [7, 11) is 3.31. The van der Waals surface area contributed by atoms with Gasteiger partial charge in [0.2, 0.25) is 5.88 Å². The Morgan fingerprint density at radius 3 is 2.61 bits per heavy atom. The van der Waals surface area contributed by atoms with E-state index in [1.807, 2.05) is 12.1 Å². The van der Waals surface area contributed by atoms with Gasteiger partial charge in [0, 0.05) is 22.2 Å². The average Bonchev–Trinajstić information content (AvgIpc) is 2.70. The summed E-state index contributed by atoms with van der Waals surface area (Å²) in [5, 5.41) is 6.84. The lowest BCUT2D eigenvalue weighted by Crippen LogP contribution is -2.12. The van der Waals surface area contributed by atoms with Crippen LogP contribution in [-0.4, -0.2) is 22.8 Å². The van der Waals surface area contributed by atoms with E-state index < -0.39 is 0 Å². The first kappa shape index (κ1) is 12.9. The molecule has 2 aromatic rings. The number of rotatable bonds is 3. The maximum atomic E-state index is 11.9. The van der Waals surface area contributed by atoms with Gasteiger partial charge in [-0.2, -0.15) is 5.10 Å². The quantitative estimate of drug-likeness (QED) is 0.858. The van der Waals surface area contributed by atoms with Crippen molar-refractivity contribution >= 4 is 34.3 Å². The Balaban J connectivity index is 2.13. The van der Waals surface area contributed by atoms with Crippen LogP contribution in [0, 0.1) is 3.57 Å². The molecule has 0 aliphatic carbocycles. The van der Waals surface area contributed by atoms with Gasteiger partial charge in [-0.15, -0.1) is 0 Å². The van der Waals surface area contributed by atoms with Gasteiger partial charge in [0.05, 0.1) is 7.11 Å². The number of halogens is 1. The van der Waals surface area contributed by atoms with Crippen molar-refractivity contribution in [2.24, 2.45) is 7.05 Å². The minimum absolute atomic E-state index is 0.188. The second-order valence-corrected chi connectivity index (χ2v) is 4.90. The largest absolute Gasteiger partial charge is 0.481 e. The number of aromatic nitrogens is 2. The SMILES string of the molecule is COc1cc(NC(=O)c2ccc(I)cc2)nn1C. The summed E-state index contributed by atoms with van der Waals surface area (Å²) in [6.45, 7) is 0. The molecule has 0 spiro atoms. The highest BCUT2D eigenvalue weighted by atomic mass is 127. The molecule has 2 rings (SSSR count). The van der Waals surface area contributed by atoms with Crippen LogP contribution in [0.3, 0.4) is 0 Å². The highest BCUT2D eigenvalue weighted by molar-refractivity contribution is 14.1. The van der Waals surface area contributed by atoms with Crippen LogP contribution in [-0.2, 0) is 7.05 Å². The Labute approximate surface area is 118 Å². The van der Waals surface area contributed by atoms with Gasteiger partial charge in [0.15, 0.2) is 5.82 Å². The molecule has 0 atom stereocenters. The van der Waals surface area contributed by atoms with E-state index in [0.717, 1.165) is 3.57 Å². The predicted molar refractivity (Wildman–Crippen MR) is 76.9 cm³/mol. The lowest BCUT2D eigenvalue weighted by molar-refractivity contribution is 0.102. The number of carbonyl (C=O) groups excluding carboxylic acids is 1. The molecule has 0 radical (unpaired) electrons. The number of nitrogens with zero attached hydrogens (tertiary/aromatic N) is 2. The summed E-state index contributed by atoms with van der Waals surface area (Å²) >= 11 is 2.19. The van der Waals surface area contributed by atoms with Gasteiger partial charge in [-0.3, -0.25) is 4.79 Å². The molecular weight excluding hydrogens is 345 g/mol. The van der Waals surface area contributed by atoms with Gasteiger partial charge >= 0.3 is 0 Å². The molecule has 6 heteroatoms. The van der Waals surface area contributed by atoms with E-state index in [-0.39, 0.29) is 5.91 Å². The fourth-order valence-corrected chi connectivity index (χ4v) is 1.85. The molecule has 94 valence electrons. The molecule has 0 saturated carbocycles. The van der Waals surface area contributed by atoms with Crippen molar-refractivity contribution in [2.75, 3.05) is 12.4 Å². The summed E-state index contributed by atoms with van der Waals surface area (Å²) < 4.78 is 7.72. The topological polar surface area (TPSA) is 56.1 Å². The number of hydrogen-bond donors (Lipinski definition) is 1. The Morgan fingerprint density at radius 1 is 1.39 bits per heavy atom. The Hall–Kier alpha value is -1.57. The third-order valence-corrected chi connectivity index (χ3v) is 3.11. The van der Waals surface area contributed by atoms with Crippen molar-refractivity contribution < 1.29 is 9.53 Å². The zero-order chi connectivity index (χ0) is 13.1. The number of ether oxygens (including phenoxy) is 1. The number of methoxy groups -OCH3 is 1. The normalized spacial score (nSPS) is 10.2. The van der Waals surface area contributed by atoms with E-state index in [1.165, 1.54) is 0 Å².